The zero-order valence-corrected chi connectivity index (χ0v) is 11.7. The van der Waals surface area contributed by atoms with Crippen LogP contribution in [0.5, 0.6) is 0 Å². The molecule has 19 heavy (non-hydrogen) atoms. The Morgan fingerprint density at radius 2 is 2.05 bits per heavy atom. The third kappa shape index (κ3) is 3.00. The number of ether oxygens (including phenoxy) is 2. The summed E-state index contributed by atoms with van der Waals surface area (Å²) in [7, 11) is 0. The van der Waals surface area contributed by atoms with Gasteiger partial charge in [0, 0.05) is 6.04 Å². The summed E-state index contributed by atoms with van der Waals surface area (Å²) in [5, 5.41) is 11.7. The third-order valence-electron chi connectivity index (χ3n) is 3.71. The molecule has 1 atom stereocenters. The third-order valence-corrected chi connectivity index (χ3v) is 3.71. The van der Waals surface area contributed by atoms with Gasteiger partial charge in [-0.1, -0.05) is 0 Å². The van der Waals surface area contributed by atoms with Gasteiger partial charge in [0.15, 0.2) is 0 Å². The number of nitrogens with one attached hydrogen (secondary N) is 1. The van der Waals surface area contributed by atoms with Gasteiger partial charge in [-0.15, -0.1) is 0 Å². The summed E-state index contributed by atoms with van der Waals surface area (Å²) in [6.07, 6.45) is 1.82. The number of rotatable bonds is 2. The number of halogens is 1. The molecule has 0 aromatic carbocycles. The van der Waals surface area contributed by atoms with Crippen molar-refractivity contribution < 1.29 is 23.8 Å². The number of hydrogen-bond acceptors (Lipinski definition) is 4. The Hall–Kier alpha value is -0.880. The second kappa shape index (κ2) is 4.59. The Kier molecular flexibility index (Phi) is 3.51. The fourth-order valence-corrected chi connectivity index (χ4v) is 2.64. The minimum atomic E-state index is -1.87. The molecule has 2 aliphatic rings. The fraction of sp³-hybridized carbons (Fsp3) is 0.923. The monoisotopic (exact) mass is 275 g/mol. The molecule has 1 saturated heterocycles. The van der Waals surface area contributed by atoms with Crippen LogP contribution in [0.2, 0.25) is 0 Å². The summed E-state index contributed by atoms with van der Waals surface area (Å²) >= 11 is 0. The first-order chi connectivity index (χ1) is 8.70. The predicted molar refractivity (Wildman–Crippen MR) is 66.4 cm³/mol. The molecule has 0 bridgehead atoms. The van der Waals surface area contributed by atoms with Crippen LogP contribution in [0, 0.1) is 0 Å². The van der Waals surface area contributed by atoms with Gasteiger partial charge in [0.05, 0.1) is 0 Å². The van der Waals surface area contributed by atoms with Gasteiger partial charge in [-0.2, -0.15) is 0 Å². The molecule has 0 aromatic heterocycles. The molecular weight excluding hydrogens is 253 g/mol. The zero-order valence-electron chi connectivity index (χ0n) is 11.7. The van der Waals surface area contributed by atoms with Crippen LogP contribution in [0.4, 0.5) is 9.18 Å². The molecule has 1 saturated carbocycles. The van der Waals surface area contributed by atoms with Crippen LogP contribution in [0.25, 0.3) is 0 Å². The maximum atomic E-state index is 13.8. The quantitative estimate of drug-likeness (QED) is 0.755. The van der Waals surface area contributed by atoms with Crippen molar-refractivity contribution in [1.82, 2.24) is 5.32 Å². The first kappa shape index (κ1) is 14.5. The van der Waals surface area contributed by atoms with Crippen molar-refractivity contribution in [3.63, 3.8) is 0 Å². The van der Waals surface area contributed by atoms with Crippen molar-refractivity contribution in [1.29, 1.82) is 0 Å². The Balaban J connectivity index is 1.77. The van der Waals surface area contributed by atoms with Gasteiger partial charge in [-0.05, 0) is 46.5 Å². The van der Waals surface area contributed by atoms with E-state index >= 15 is 0 Å². The van der Waals surface area contributed by atoms with Crippen LogP contribution in [0.3, 0.4) is 0 Å². The number of alkyl halides is 1. The van der Waals surface area contributed by atoms with Gasteiger partial charge in [0.25, 0.3) is 5.85 Å². The largest absolute Gasteiger partial charge is 0.444 e. The van der Waals surface area contributed by atoms with Crippen molar-refractivity contribution >= 4 is 6.09 Å². The molecule has 1 heterocycles. The molecule has 0 radical (unpaired) electrons. The second-order valence-corrected chi connectivity index (χ2v) is 6.40. The van der Waals surface area contributed by atoms with Crippen LogP contribution in [-0.2, 0) is 9.47 Å². The molecule has 1 amide bonds. The van der Waals surface area contributed by atoms with E-state index in [1.165, 1.54) is 0 Å². The van der Waals surface area contributed by atoms with E-state index in [0.717, 1.165) is 0 Å². The van der Waals surface area contributed by atoms with Gasteiger partial charge >= 0.3 is 6.09 Å². The van der Waals surface area contributed by atoms with E-state index in [-0.39, 0.29) is 6.04 Å². The summed E-state index contributed by atoms with van der Waals surface area (Å²) < 4.78 is 24.0. The van der Waals surface area contributed by atoms with Crippen molar-refractivity contribution in [2.75, 3.05) is 6.61 Å². The lowest BCUT2D eigenvalue weighted by atomic mass is 9.83. The van der Waals surface area contributed by atoms with E-state index in [1.54, 1.807) is 20.8 Å². The number of epoxide rings is 1. The molecular formula is C13H22FNO4. The number of amides is 1. The van der Waals surface area contributed by atoms with Crippen molar-refractivity contribution in [2.45, 2.75) is 69.6 Å². The Morgan fingerprint density at radius 1 is 1.47 bits per heavy atom. The average Bonchev–Trinajstić information content (AvgIpc) is 2.86. The lowest BCUT2D eigenvalue weighted by molar-refractivity contribution is 0.0482. The van der Waals surface area contributed by atoms with Crippen molar-refractivity contribution in [3.8, 4) is 0 Å². The fourth-order valence-electron chi connectivity index (χ4n) is 2.64. The molecule has 5 nitrogen and oxygen atoms in total. The highest BCUT2D eigenvalue weighted by Crippen LogP contribution is 2.57. The lowest BCUT2D eigenvalue weighted by Crippen LogP contribution is -2.43. The molecule has 2 fully saturated rings. The van der Waals surface area contributed by atoms with Crippen LogP contribution in [0.1, 0.15) is 46.5 Å². The summed E-state index contributed by atoms with van der Waals surface area (Å²) in [5.41, 5.74) is -1.35. The summed E-state index contributed by atoms with van der Waals surface area (Å²) in [5.74, 6) is -1.87. The minimum Gasteiger partial charge on any atom is -0.444 e. The molecule has 2 N–H and O–H groups in total. The van der Waals surface area contributed by atoms with Gasteiger partial charge in [0.2, 0.25) is 0 Å². The summed E-state index contributed by atoms with van der Waals surface area (Å²) in [4.78, 5) is 11.6. The standard InChI is InChI=1S/C13H22FNO4/c1-11(2,3)18-10(17)15-9-4-6-12(7-5-9)13(14,8-16)19-12/h9,16H,4-8H2,1-3H3,(H,15,17). The summed E-state index contributed by atoms with van der Waals surface area (Å²) in [6.45, 7) is 4.81. The number of carbonyl (C=O) groups excluding carboxylic acids is 1. The van der Waals surface area contributed by atoms with Crippen molar-refractivity contribution in [3.05, 3.63) is 0 Å². The summed E-state index contributed by atoms with van der Waals surface area (Å²) in [6, 6.07) is -0.0207. The van der Waals surface area contributed by atoms with E-state index < -0.39 is 29.8 Å². The van der Waals surface area contributed by atoms with E-state index in [2.05, 4.69) is 5.32 Å². The average molecular weight is 275 g/mol. The molecule has 1 aliphatic heterocycles. The van der Waals surface area contributed by atoms with Gasteiger partial charge < -0.3 is 19.9 Å². The Bertz CT molecular complexity index is 360. The van der Waals surface area contributed by atoms with Crippen LogP contribution in [-0.4, -0.2) is 40.9 Å². The van der Waals surface area contributed by atoms with Crippen LogP contribution < -0.4 is 5.32 Å². The van der Waals surface area contributed by atoms with E-state index in [9.17, 15) is 9.18 Å². The van der Waals surface area contributed by atoms with Gasteiger partial charge in [0.1, 0.15) is 17.8 Å². The molecule has 1 aliphatic carbocycles. The van der Waals surface area contributed by atoms with E-state index in [0.29, 0.717) is 25.7 Å². The zero-order chi connectivity index (χ0) is 14.3. The lowest BCUT2D eigenvalue weighted by Gasteiger charge is -2.29. The maximum absolute atomic E-state index is 13.8. The predicted octanol–water partition coefficient (Wildman–Crippen LogP) is 1.88. The molecule has 0 aromatic rings. The normalized spacial score (nSPS) is 38.1. The molecule has 6 heteroatoms. The number of alkyl carbamates (subject to hydrolysis) is 1. The van der Waals surface area contributed by atoms with Crippen LogP contribution in [0.15, 0.2) is 0 Å². The molecule has 2 rings (SSSR count). The Labute approximate surface area is 112 Å². The van der Waals surface area contributed by atoms with Crippen molar-refractivity contribution in [2.24, 2.45) is 0 Å². The minimum absolute atomic E-state index is 0.0207. The first-order valence-corrected chi connectivity index (χ1v) is 6.69. The van der Waals surface area contributed by atoms with Crippen LogP contribution >= 0.6 is 0 Å². The number of aliphatic hydroxyl groups is 1. The molecule has 1 unspecified atom stereocenters. The van der Waals surface area contributed by atoms with Gasteiger partial charge in [-0.25, -0.2) is 9.18 Å². The second-order valence-electron chi connectivity index (χ2n) is 6.40. The van der Waals surface area contributed by atoms with Gasteiger partial charge in [-0.3, -0.25) is 0 Å². The highest BCUT2D eigenvalue weighted by Gasteiger charge is 2.71. The Morgan fingerprint density at radius 3 is 2.47 bits per heavy atom. The maximum Gasteiger partial charge on any atom is 0.407 e. The number of carbonyl (C=O) groups is 1. The highest BCUT2D eigenvalue weighted by molar-refractivity contribution is 5.68. The smallest absolute Gasteiger partial charge is 0.407 e. The topological polar surface area (TPSA) is 71.1 Å². The highest BCUT2D eigenvalue weighted by atomic mass is 19.2. The number of aliphatic hydroxyl groups excluding tert-OH is 1. The van der Waals surface area contributed by atoms with E-state index in [1.807, 2.05) is 0 Å². The SMILES string of the molecule is CC(C)(C)OC(=O)NC1CCC2(CC1)OC2(F)CO. The molecule has 110 valence electrons. The number of hydrogen-bond donors (Lipinski definition) is 2. The molecule has 1 spiro atoms. The first-order valence-electron chi connectivity index (χ1n) is 6.69. The van der Waals surface area contributed by atoms with E-state index in [4.69, 9.17) is 14.6 Å².